The lowest BCUT2D eigenvalue weighted by Gasteiger charge is -2.35. The molecule has 0 bridgehead atoms. The molecule has 116 valence electrons. The molecule has 0 saturated heterocycles. The van der Waals surface area contributed by atoms with E-state index in [1.165, 1.54) is 10.4 Å². The number of amides is 1. The fraction of sp³-hybridized carbons (Fsp3) is 0.353. The monoisotopic (exact) mass is 379 g/mol. The van der Waals surface area contributed by atoms with Crippen LogP contribution in [-0.2, 0) is 11.2 Å². The highest BCUT2D eigenvalue weighted by Crippen LogP contribution is 2.35. The number of thiophene rings is 1. The van der Waals surface area contributed by atoms with Crippen molar-refractivity contribution in [3.8, 4) is 5.75 Å². The molecular weight excluding hydrogens is 362 g/mol. The van der Waals surface area contributed by atoms with E-state index in [0.29, 0.717) is 5.75 Å². The van der Waals surface area contributed by atoms with E-state index in [-0.39, 0.29) is 18.6 Å². The van der Waals surface area contributed by atoms with Crippen molar-refractivity contribution in [3.63, 3.8) is 0 Å². The highest BCUT2D eigenvalue weighted by molar-refractivity contribution is 9.10. The molecule has 1 aliphatic heterocycles. The molecule has 1 amide bonds. The Hall–Kier alpha value is -1.33. The average Bonchev–Trinajstić information content (AvgIpc) is 3.00. The summed E-state index contributed by atoms with van der Waals surface area (Å²) in [5.41, 5.74) is 1.31. The van der Waals surface area contributed by atoms with Gasteiger partial charge < -0.3 is 9.64 Å². The van der Waals surface area contributed by atoms with E-state index >= 15 is 0 Å². The lowest BCUT2D eigenvalue weighted by molar-refractivity contribution is -0.136. The van der Waals surface area contributed by atoms with Gasteiger partial charge in [-0.25, -0.2) is 0 Å². The lowest BCUT2D eigenvalue weighted by atomic mass is 9.98. The van der Waals surface area contributed by atoms with Crippen LogP contribution in [0.2, 0.25) is 0 Å². The van der Waals surface area contributed by atoms with Gasteiger partial charge in [-0.3, -0.25) is 4.79 Å². The first-order valence-corrected chi connectivity index (χ1v) is 9.10. The first-order chi connectivity index (χ1) is 10.7. The third-order valence-electron chi connectivity index (χ3n) is 3.96. The van der Waals surface area contributed by atoms with E-state index in [0.717, 1.165) is 23.9 Å². The van der Waals surface area contributed by atoms with Gasteiger partial charge in [0.15, 0.2) is 6.61 Å². The Morgan fingerprint density at radius 3 is 3.09 bits per heavy atom. The molecule has 1 aromatic carbocycles. The third-order valence-corrected chi connectivity index (χ3v) is 5.45. The highest BCUT2D eigenvalue weighted by atomic mass is 79.9. The van der Waals surface area contributed by atoms with Gasteiger partial charge in [-0.05, 0) is 48.1 Å². The van der Waals surface area contributed by atoms with Crippen molar-refractivity contribution in [2.24, 2.45) is 0 Å². The van der Waals surface area contributed by atoms with Crippen LogP contribution in [0.15, 0.2) is 40.2 Å². The molecule has 1 aliphatic rings. The van der Waals surface area contributed by atoms with Gasteiger partial charge in [-0.15, -0.1) is 11.3 Å². The van der Waals surface area contributed by atoms with Gasteiger partial charge in [0.2, 0.25) is 0 Å². The van der Waals surface area contributed by atoms with E-state index in [2.05, 4.69) is 34.3 Å². The number of nitrogens with zero attached hydrogens (tertiary/aromatic N) is 1. The summed E-state index contributed by atoms with van der Waals surface area (Å²) in [4.78, 5) is 15.9. The Kier molecular flexibility index (Phi) is 4.84. The summed E-state index contributed by atoms with van der Waals surface area (Å²) in [6.45, 7) is 3.01. The number of halogens is 1. The molecule has 3 rings (SSSR count). The first kappa shape index (κ1) is 15.6. The van der Waals surface area contributed by atoms with Crippen LogP contribution < -0.4 is 4.74 Å². The number of ether oxygens (including phenoxy) is 1. The number of hydrogen-bond acceptors (Lipinski definition) is 3. The maximum Gasteiger partial charge on any atom is 0.261 e. The first-order valence-electron chi connectivity index (χ1n) is 7.43. The SMILES string of the molecule is CCC1c2ccsc2CCN1C(=O)COc1cccc(Br)c1. The van der Waals surface area contributed by atoms with Gasteiger partial charge in [-0.2, -0.15) is 0 Å². The molecule has 0 spiro atoms. The van der Waals surface area contributed by atoms with Crippen LogP contribution >= 0.6 is 27.3 Å². The smallest absolute Gasteiger partial charge is 0.261 e. The fourth-order valence-electron chi connectivity index (χ4n) is 2.92. The molecule has 1 atom stereocenters. The van der Waals surface area contributed by atoms with Crippen molar-refractivity contribution in [1.82, 2.24) is 4.90 Å². The molecule has 2 aromatic rings. The van der Waals surface area contributed by atoms with Crippen LogP contribution in [0.25, 0.3) is 0 Å². The maximum absolute atomic E-state index is 12.5. The van der Waals surface area contributed by atoms with Crippen LogP contribution in [0.4, 0.5) is 0 Å². The maximum atomic E-state index is 12.5. The Morgan fingerprint density at radius 2 is 2.32 bits per heavy atom. The minimum Gasteiger partial charge on any atom is -0.484 e. The van der Waals surface area contributed by atoms with E-state index in [4.69, 9.17) is 4.74 Å². The molecule has 1 unspecified atom stereocenters. The number of hydrogen-bond donors (Lipinski definition) is 0. The molecule has 0 N–H and O–H groups in total. The quantitative estimate of drug-likeness (QED) is 0.786. The van der Waals surface area contributed by atoms with Crippen LogP contribution in [0, 0.1) is 0 Å². The molecule has 22 heavy (non-hydrogen) atoms. The van der Waals surface area contributed by atoms with Crippen LogP contribution in [0.3, 0.4) is 0 Å². The van der Waals surface area contributed by atoms with Crippen molar-refractivity contribution in [2.75, 3.05) is 13.2 Å². The van der Waals surface area contributed by atoms with Crippen molar-refractivity contribution < 1.29 is 9.53 Å². The van der Waals surface area contributed by atoms with Crippen molar-refractivity contribution in [3.05, 3.63) is 50.6 Å². The summed E-state index contributed by atoms with van der Waals surface area (Å²) in [5.74, 6) is 0.771. The number of carbonyl (C=O) groups is 1. The molecular formula is C17H18BrNO2S. The Balaban J connectivity index is 1.67. The number of carbonyl (C=O) groups excluding carboxylic acids is 1. The van der Waals surface area contributed by atoms with E-state index in [1.807, 2.05) is 29.2 Å². The van der Waals surface area contributed by atoms with Gasteiger partial charge in [0.05, 0.1) is 6.04 Å². The minimum absolute atomic E-state index is 0.0590. The summed E-state index contributed by atoms with van der Waals surface area (Å²) in [7, 11) is 0. The minimum atomic E-state index is 0.0590. The van der Waals surface area contributed by atoms with Crippen LogP contribution in [-0.4, -0.2) is 24.0 Å². The number of benzene rings is 1. The van der Waals surface area contributed by atoms with E-state index in [9.17, 15) is 4.79 Å². The predicted octanol–water partition coefficient (Wildman–Crippen LogP) is 4.43. The summed E-state index contributed by atoms with van der Waals surface area (Å²) < 4.78 is 6.59. The molecule has 1 aromatic heterocycles. The van der Waals surface area contributed by atoms with Crippen molar-refractivity contribution in [2.45, 2.75) is 25.8 Å². The Labute approximate surface area is 143 Å². The Bertz CT molecular complexity index is 670. The summed E-state index contributed by atoms with van der Waals surface area (Å²) >= 11 is 5.20. The fourth-order valence-corrected chi connectivity index (χ4v) is 4.23. The van der Waals surface area contributed by atoms with Gasteiger partial charge >= 0.3 is 0 Å². The van der Waals surface area contributed by atoms with Gasteiger partial charge in [-0.1, -0.05) is 28.9 Å². The molecule has 5 heteroatoms. The van der Waals surface area contributed by atoms with Crippen LogP contribution in [0.5, 0.6) is 5.75 Å². The summed E-state index contributed by atoms with van der Waals surface area (Å²) in [6.07, 6.45) is 1.89. The van der Waals surface area contributed by atoms with Gasteiger partial charge in [0.25, 0.3) is 5.91 Å². The van der Waals surface area contributed by atoms with Crippen molar-refractivity contribution >= 4 is 33.2 Å². The number of fused-ring (bicyclic) bond motifs is 1. The largest absolute Gasteiger partial charge is 0.484 e. The molecule has 3 nitrogen and oxygen atoms in total. The summed E-state index contributed by atoms with van der Waals surface area (Å²) in [6, 6.07) is 9.92. The molecule has 0 radical (unpaired) electrons. The molecule has 0 fully saturated rings. The highest BCUT2D eigenvalue weighted by Gasteiger charge is 2.30. The Morgan fingerprint density at radius 1 is 1.45 bits per heavy atom. The third kappa shape index (κ3) is 3.20. The topological polar surface area (TPSA) is 29.5 Å². The van der Waals surface area contributed by atoms with Crippen molar-refractivity contribution in [1.29, 1.82) is 0 Å². The van der Waals surface area contributed by atoms with Gasteiger partial charge in [0.1, 0.15) is 5.75 Å². The normalized spacial score (nSPS) is 17.2. The molecule has 0 saturated carbocycles. The predicted molar refractivity (Wildman–Crippen MR) is 92.4 cm³/mol. The summed E-state index contributed by atoms with van der Waals surface area (Å²) in [5, 5.41) is 2.12. The second-order valence-corrected chi connectivity index (χ2v) is 7.22. The van der Waals surface area contributed by atoms with E-state index < -0.39 is 0 Å². The van der Waals surface area contributed by atoms with E-state index in [1.54, 1.807) is 11.3 Å². The molecule has 0 aliphatic carbocycles. The molecule has 2 heterocycles. The lowest BCUT2D eigenvalue weighted by Crippen LogP contribution is -2.41. The second-order valence-electron chi connectivity index (χ2n) is 5.31. The average molecular weight is 380 g/mol. The number of rotatable bonds is 4. The zero-order valence-corrected chi connectivity index (χ0v) is 14.8. The zero-order chi connectivity index (χ0) is 15.5. The zero-order valence-electron chi connectivity index (χ0n) is 12.4. The van der Waals surface area contributed by atoms with Gasteiger partial charge in [0, 0.05) is 15.9 Å². The second kappa shape index (κ2) is 6.84. The van der Waals surface area contributed by atoms with Crippen LogP contribution in [0.1, 0.15) is 29.8 Å². The standard InChI is InChI=1S/C17H18BrNO2S/c1-2-15-14-7-9-22-16(14)6-8-19(15)17(20)11-21-13-5-3-4-12(18)10-13/h3-5,7,9-10,15H,2,6,8,11H2,1H3.